The van der Waals surface area contributed by atoms with Gasteiger partial charge < -0.3 is 19.9 Å². The van der Waals surface area contributed by atoms with Gasteiger partial charge in [-0.05, 0) is 79.3 Å². The molecule has 7 heteroatoms. The van der Waals surface area contributed by atoms with Crippen molar-refractivity contribution < 1.29 is 14.3 Å². The Morgan fingerprint density at radius 1 is 0.976 bits per heavy atom. The summed E-state index contributed by atoms with van der Waals surface area (Å²) in [7, 11) is 5.44. The van der Waals surface area contributed by atoms with E-state index in [4.69, 9.17) is 16.3 Å². The zero-order valence-electron chi connectivity index (χ0n) is 24.2. The number of fused-ring (bicyclic) bond motifs is 1. The van der Waals surface area contributed by atoms with Gasteiger partial charge in [0, 0.05) is 55.8 Å². The van der Waals surface area contributed by atoms with E-state index in [0.29, 0.717) is 29.6 Å². The van der Waals surface area contributed by atoms with Crippen LogP contribution in [0.25, 0.3) is 16.2 Å². The van der Waals surface area contributed by atoms with Crippen molar-refractivity contribution >= 4 is 34.1 Å². The van der Waals surface area contributed by atoms with Gasteiger partial charge in [-0.2, -0.15) is 0 Å². The molecule has 214 valence electrons. The minimum atomic E-state index is -0.0152. The number of benzene rings is 3. The number of anilines is 1. The van der Waals surface area contributed by atoms with Crippen molar-refractivity contribution in [3.63, 3.8) is 0 Å². The first-order valence-corrected chi connectivity index (χ1v) is 14.6. The highest BCUT2D eigenvalue weighted by Gasteiger charge is 2.34. The number of rotatable bonds is 8. The monoisotopic (exact) mass is 571 g/mol. The summed E-state index contributed by atoms with van der Waals surface area (Å²) in [4.78, 5) is 29.7. The summed E-state index contributed by atoms with van der Waals surface area (Å²) >= 11 is 6.83. The number of ether oxygens (including phenoxy) is 1. The first kappa shape index (κ1) is 28.9. The minimum Gasteiger partial charge on any atom is -0.496 e. The van der Waals surface area contributed by atoms with Crippen LogP contribution < -0.4 is 15.0 Å². The average molecular weight is 572 g/mol. The summed E-state index contributed by atoms with van der Waals surface area (Å²) in [5, 5.41) is 3.97. The van der Waals surface area contributed by atoms with Gasteiger partial charge in [-0.1, -0.05) is 54.1 Å². The molecule has 5 rings (SSSR count). The number of nitrogens with zero attached hydrogens (tertiary/aromatic N) is 2. The van der Waals surface area contributed by atoms with E-state index in [2.05, 4.69) is 11.4 Å². The molecule has 0 bridgehead atoms. The third-order valence-corrected chi connectivity index (χ3v) is 9.06. The van der Waals surface area contributed by atoms with E-state index >= 15 is 0 Å². The van der Waals surface area contributed by atoms with Crippen LogP contribution in [0.4, 0.5) is 5.69 Å². The van der Waals surface area contributed by atoms with Crippen LogP contribution in [-0.2, 0) is 22.6 Å². The van der Waals surface area contributed by atoms with Crippen LogP contribution in [0.3, 0.4) is 0 Å². The van der Waals surface area contributed by atoms with Crippen LogP contribution >= 0.6 is 11.6 Å². The van der Waals surface area contributed by atoms with Crippen LogP contribution in [0.2, 0.25) is 0 Å². The van der Waals surface area contributed by atoms with Gasteiger partial charge in [0.2, 0.25) is 5.91 Å². The highest BCUT2D eigenvalue weighted by molar-refractivity contribution is 6.51. The topological polar surface area (TPSA) is 61.9 Å². The molecule has 1 saturated carbocycles. The first-order valence-electron chi connectivity index (χ1n) is 14.3. The van der Waals surface area contributed by atoms with Crippen molar-refractivity contribution in [2.45, 2.75) is 57.7 Å². The van der Waals surface area contributed by atoms with Gasteiger partial charge in [0.25, 0.3) is 5.91 Å². The fourth-order valence-corrected chi connectivity index (χ4v) is 6.36. The molecule has 2 aliphatic carbocycles. The molecule has 0 atom stereocenters. The van der Waals surface area contributed by atoms with Crippen molar-refractivity contribution in [1.29, 1.82) is 0 Å². The molecule has 0 unspecified atom stereocenters. The first-order chi connectivity index (χ1) is 19.8. The molecule has 1 fully saturated rings. The fourth-order valence-electron chi connectivity index (χ4n) is 6.03. The maximum Gasteiger partial charge on any atom is 0.252 e. The SMILES string of the molecule is CNC1CCC(N(Cc2cc(-c3ccc(N(C)C(C)=O)cc3)ccc2OC)C(=O)C2=C(Cl)c3ccccc3C2)CC1. The van der Waals surface area contributed by atoms with Crippen LogP contribution in [0.15, 0.2) is 72.3 Å². The molecule has 0 spiro atoms. The molecule has 0 saturated heterocycles. The maximum absolute atomic E-state index is 14.3. The smallest absolute Gasteiger partial charge is 0.252 e. The van der Waals surface area contributed by atoms with E-state index in [-0.39, 0.29) is 17.9 Å². The van der Waals surface area contributed by atoms with Crippen molar-refractivity contribution in [1.82, 2.24) is 10.2 Å². The van der Waals surface area contributed by atoms with Crippen LogP contribution in [0, 0.1) is 0 Å². The average Bonchev–Trinajstić information content (AvgIpc) is 3.35. The predicted octanol–water partition coefficient (Wildman–Crippen LogP) is 6.41. The molecule has 0 radical (unpaired) electrons. The third kappa shape index (κ3) is 6.04. The van der Waals surface area contributed by atoms with E-state index < -0.39 is 0 Å². The zero-order chi connectivity index (χ0) is 29.1. The lowest BCUT2D eigenvalue weighted by Crippen LogP contribution is -2.45. The Labute approximate surface area is 247 Å². The summed E-state index contributed by atoms with van der Waals surface area (Å²) in [6, 6.07) is 22.6. The number of methoxy groups -OCH3 is 1. The van der Waals surface area contributed by atoms with Gasteiger partial charge in [0.05, 0.1) is 12.1 Å². The van der Waals surface area contributed by atoms with E-state index in [0.717, 1.165) is 64.9 Å². The van der Waals surface area contributed by atoms with Crippen LogP contribution in [0.5, 0.6) is 5.75 Å². The number of carbonyl (C=O) groups is 2. The van der Waals surface area contributed by atoms with Gasteiger partial charge in [-0.3, -0.25) is 9.59 Å². The fraction of sp³-hybridized carbons (Fsp3) is 0.353. The van der Waals surface area contributed by atoms with E-state index in [1.807, 2.05) is 72.6 Å². The number of carbonyl (C=O) groups excluding carboxylic acids is 2. The molecule has 1 N–H and O–H groups in total. The predicted molar refractivity (Wildman–Crippen MR) is 166 cm³/mol. The highest BCUT2D eigenvalue weighted by atomic mass is 35.5. The minimum absolute atomic E-state index is 0.00295. The standard InChI is InChI=1S/C34H38ClN3O3/c1-22(39)37(3)28-14-9-23(10-15-28)24-11-18-32(41-4)26(19-24)21-38(29-16-12-27(36-2)13-17-29)34(40)31-20-25-7-5-6-8-30(25)33(31)35/h5-11,14-15,18-19,27,29,36H,12-13,16-17,20-21H2,1-4H3. The molecule has 0 aromatic heterocycles. The Hall–Kier alpha value is -3.61. The molecular formula is C34H38ClN3O3. The summed E-state index contributed by atoms with van der Waals surface area (Å²) in [5.41, 5.74) is 6.56. The van der Waals surface area contributed by atoms with Crippen molar-refractivity contribution in [3.05, 3.63) is 89.0 Å². The summed E-state index contributed by atoms with van der Waals surface area (Å²) in [6.45, 7) is 1.98. The number of nitrogens with one attached hydrogen (secondary N) is 1. The second-order valence-corrected chi connectivity index (χ2v) is 11.4. The Kier molecular flexibility index (Phi) is 8.81. The van der Waals surface area contributed by atoms with E-state index in [1.54, 1.807) is 26.0 Å². The lowest BCUT2D eigenvalue weighted by Gasteiger charge is -2.37. The molecule has 6 nitrogen and oxygen atoms in total. The lowest BCUT2D eigenvalue weighted by atomic mass is 9.89. The number of amides is 2. The van der Waals surface area contributed by atoms with E-state index in [9.17, 15) is 9.59 Å². The largest absolute Gasteiger partial charge is 0.496 e. The van der Waals surface area contributed by atoms with Gasteiger partial charge in [-0.15, -0.1) is 0 Å². The van der Waals surface area contributed by atoms with Crippen LogP contribution in [0.1, 0.15) is 49.3 Å². The molecule has 0 heterocycles. The molecular weight excluding hydrogens is 534 g/mol. The Bertz CT molecular complexity index is 1460. The van der Waals surface area contributed by atoms with Gasteiger partial charge in [-0.25, -0.2) is 0 Å². The summed E-state index contributed by atoms with van der Waals surface area (Å²) < 4.78 is 5.78. The van der Waals surface area contributed by atoms with Crippen molar-refractivity contribution in [2.75, 3.05) is 26.1 Å². The second kappa shape index (κ2) is 12.5. The van der Waals surface area contributed by atoms with Crippen molar-refractivity contribution in [3.8, 4) is 16.9 Å². The van der Waals surface area contributed by atoms with Gasteiger partial charge in [0.15, 0.2) is 0 Å². The molecule has 2 aliphatic rings. The molecule has 0 aliphatic heterocycles. The Balaban J connectivity index is 1.47. The zero-order valence-corrected chi connectivity index (χ0v) is 25.0. The number of hydrogen-bond donors (Lipinski definition) is 1. The lowest BCUT2D eigenvalue weighted by molar-refractivity contribution is -0.131. The van der Waals surface area contributed by atoms with Gasteiger partial charge in [0.1, 0.15) is 5.75 Å². The van der Waals surface area contributed by atoms with Crippen molar-refractivity contribution in [2.24, 2.45) is 0 Å². The Morgan fingerprint density at radius 2 is 1.66 bits per heavy atom. The second-order valence-electron chi connectivity index (χ2n) is 11.0. The molecule has 41 heavy (non-hydrogen) atoms. The number of hydrogen-bond acceptors (Lipinski definition) is 4. The third-order valence-electron chi connectivity index (χ3n) is 8.63. The maximum atomic E-state index is 14.3. The van der Waals surface area contributed by atoms with E-state index in [1.165, 1.54) is 0 Å². The molecule has 3 aromatic carbocycles. The quantitative estimate of drug-likeness (QED) is 0.339. The number of halogens is 1. The molecule has 3 aromatic rings. The van der Waals surface area contributed by atoms with Crippen LogP contribution in [-0.4, -0.2) is 50.0 Å². The normalized spacial score (nSPS) is 18.2. The summed E-state index contributed by atoms with van der Waals surface area (Å²) in [5.74, 6) is 0.736. The van der Waals surface area contributed by atoms with Gasteiger partial charge >= 0.3 is 0 Å². The Morgan fingerprint density at radius 3 is 2.29 bits per heavy atom. The highest BCUT2D eigenvalue weighted by Crippen LogP contribution is 2.38. The summed E-state index contributed by atoms with van der Waals surface area (Å²) in [6.07, 6.45) is 4.46. The molecule has 2 amide bonds.